The van der Waals surface area contributed by atoms with Gasteiger partial charge in [-0.05, 0) is 52.7 Å². The summed E-state index contributed by atoms with van der Waals surface area (Å²) < 4.78 is 5.40. The molecule has 10 nitrogen and oxygen atoms in total. The number of amides is 1. The fourth-order valence-electron chi connectivity index (χ4n) is 4.24. The summed E-state index contributed by atoms with van der Waals surface area (Å²) in [5, 5.41) is 30.9. The lowest BCUT2D eigenvalue weighted by Crippen LogP contribution is -2.35. The number of hydrogen-bond donors (Lipinski definition) is 3. The summed E-state index contributed by atoms with van der Waals surface area (Å²) in [6.45, 7) is -0.702. The maximum atomic E-state index is 13.7. The Morgan fingerprint density at radius 2 is 1.26 bits per heavy atom. The van der Waals surface area contributed by atoms with Gasteiger partial charge >= 0.3 is 23.9 Å². The molecule has 4 rings (SSSR count). The van der Waals surface area contributed by atoms with Crippen molar-refractivity contribution in [3.05, 3.63) is 116 Å². The molecule has 0 spiro atoms. The van der Waals surface area contributed by atoms with E-state index in [1.54, 1.807) is 24.3 Å². The van der Waals surface area contributed by atoms with Gasteiger partial charge < -0.3 is 25.0 Å². The Morgan fingerprint density at radius 3 is 1.88 bits per heavy atom. The molecule has 12 heteroatoms. The van der Waals surface area contributed by atoms with Crippen LogP contribution < -0.4 is 0 Å². The minimum atomic E-state index is -1.68. The van der Waals surface area contributed by atoms with Crippen molar-refractivity contribution in [3.63, 3.8) is 0 Å². The molecule has 0 heterocycles. The highest BCUT2D eigenvalue weighted by Gasteiger charge is 2.28. The van der Waals surface area contributed by atoms with E-state index in [-0.39, 0.29) is 35.3 Å². The lowest BCUT2D eigenvalue weighted by Gasteiger charge is -2.24. The third-order valence-electron chi connectivity index (χ3n) is 6.30. The minimum absolute atomic E-state index is 0.161. The van der Waals surface area contributed by atoms with Crippen molar-refractivity contribution in [1.82, 2.24) is 4.90 Å². The maximum absolute atomic E-state index is 13.7. The molecule has 214 valence electrons. The van der Waals surface area contributed by atoms with Crippen LogP contribution in [0.4, 0.5) is 0 Å². The molecule has 0 fully saturated rings. The molecule has 0 aliphatic carbocycles. The van der Waals surface area contributed by atoms with Crippen LogP contribution >= 0.6 is 23.2 Å². The fraction of sp³-hybridized carbons (Fsp3) is 0.100. The molecular formula is C30H21Cl2NO9. The first-order valence-corrected chi connectivity index (χ1v) is 13.0. The van der Waals surface area contributed by atoms with E-state index in [4.69, 9.17) is 27.9 Å². The second-order valence-corrected chi connectivity index (χ2v) is 9.85. The second-order valence-electron chi connectivity index (χ2n) is 9.03. The summed E-state index contributed by atoms with van der Waals surface area (Å²) in [6, 6.07) is 18.3. The van der Waals surface area contributed by atoms with Crippen LogP contribution in [0, 0.1) is 0 Å². The van der Waals surface area contributed by atoms with E-state index in [1.165, 1.54) is 12.1 Å². The molecule has 0 aromatic heterocycles. The number of carboxylic acids is 3. The average Bonchev–Trinajstić information content (AvgIpc) is 2.96. The van der Waals surface area contributed by atoms with Crippen molar-refractivity contribution in [2.45, 2.75) is 6.54 Å². The topological polar surface area (TPSA) is 159 Å². The average molecular weight is 610 g/mol. The number of fused-ring (bicyclic) bond motifs is 1. The molecule has 4 aromatic rings. The van der Waals surface area contributed by atoms with Crippen molar-refractivity contribution in [1.29, 1.82) is 0 Å². The molecule has 0 saturated carbocycles. The molecule has 0 unspecified atom stereocenters. The maximum Gasteiger partial charge on any atom is 0.338 e. The Labute approximate surface area is 248 Å². The molecule has 42 heavy (non-hydrogen) atoms. The van der Waals surface area contributed by atoms with Crippen molar-refractivity contribution >= 4 is 63.8 Å². The van der Waals surface area contributed by atoms with Crippen LogP contribution in [0.5, 0.6) is 0 Å². The van der Waals surface area contributed by atoms with Gasteiger partial charge in [0.05, 0.1) is 44.4 Å². The normalized spacial score (nSPS) is 10.7. The summed E-state index contributed by atoms with van der Waals surface area (Å²) in [5.74, 6) is -6.59. The molecule has 0 aliphatic heterocycles. The van der Waals surface area contributed by atoms with E-state index >= 15 is 0 Å². The number of ether oxygens (including phenoxy) is 1. The zero-order valence-corrected chi connectivity index (χ0v) is 23.1. The SMILES string of the molecule is O=C(OCCN(Cc1ccc(Cl)c(Cl)c1)C(=O)c1cc(C(=O)O)c(C(=O)O)cc1C(=O)O)c1ccc2ccccc2c1. The van der Waals surface area contributed by atoms with Crippen molar-refractivity contribution < 1.29 is 44.0 Å². The molecular weight excluding hydrogens is 589 g/mol. The van der Waals surface area contributed by atoms with Gasteiger partial charge in [0.25, 0.3) is 5.91 Å². The third-order valence-corrected chi connectivity index (χ3v) is 7.04. The molecule has 0 atom stereocenters. The van der Waals surface area contributed by atoms with E-state index in [2.05, 4.69) is 0 Å². The summed E-state index contributed by atoms with van der Waals surface area (Å²) >= 11 is 12.1. The zero-order chi connectivity index (χ0) is 30.6. The van der Waals surface area contributed by atoms with Crippen LogP contribution in [-0.4, -0.2) is 63.2 Å². The quantitative estimate of drug-likeness (QED) is 0.190. The fourth-order valence-corrected chi connectivity index (χ4v) is 4.56. The van der Waals surface area contributed by atoms with Gasteiger partial charge in [-0.25, -0.2) is 19.2 Å². The standard InChI is InChI=1S/C30H21Cl2NO9/c31-24-8-5-16(11-25(24)32)15-33(9-10-42-30(41)19-7-6-17-3-1-2-4-18(17)12-19)26(34)20-13-22(28(37)38)23(29(39)40)14-21(20)27(35)36/h1-8,11-14H,9-10,15H2,(H,35,36)(H,37,38)(H,39,40). The Morgan fingerprint density at radius 1 is 0.667 bits per heavy atom. The highest BCUT2D eigenvalue weighted by Crippen LogP contribution is 2.25. The van der Waals surface area contributed by atoms with E-state index in [0.29, 0.717) is 17.7 Å². The van der Waals surface area contributed by atoms with E-state index in [9.17, 15) is 39.3 Å². The van der Waals surface area contributed by atoms with Crippen LogP contribution in [0.15, 0.2) is 72.8 Å². The molecule has 4 aromatic carbocycles. The number of carbonyl (C=O) groups excluding carboxylic acids is 2. The Balaban J connectivity index is 1.65. The highest BCUT2D eigenvalue weighted by molar-refractivity contribution is 6.42. The number of aromatic carboxylic acids is 3. The predicted molar refractivity (Wildman–Crippen MR) is 153 cm³/mol. The van der Waals surface area contributed by atoms with Crippen molar-refractivity contribution in [2.24, 2.45) is 0 Å². The van der Waals surface area contributed by atoms with Gasteiger partial charge in [-0.1, -0.05) is 59.6 Å². The molecule has 0 radical (unpaired) electrons. The predicted octanol–water partition coefficient (Wildman–Crippen LogP) is 5.74. The lowest BCUT2D eigenvalue weighted by molar-refractivity contribution is 0.0428. The molecule has 0 bridgehead atoms. The number of halogens is 2. The van der Waals surface area contributed by atoms with E-state index in [0.717, 1.165) is 15.7 Å². The first-order valence-electron chi connectivity index (χ1n) is 12.2. The lowest BCUT2D eigenvalue weighted by atomic mass is 9.97. The van der Waals surface area contributed by atoms with Gasteiger partial charge in [-0.2, -0.15) is 0 Å². The number of hydrogen-bond acceptors (Lipinski definition) is 6. The number of carboxylic acid groups (broad SMARTS) is 3. The van der Waals surface area contributed by atoms with E-state index in [1.807, 2.05) is 24.3 Å². The van der Waals surface area contributed by atoms with Crippen LogP contribution in [0.1, 0.15) is 57.4 Å². The Hall–Kier alpha value is -4.93. The number of benzene rings is 4. The molecule has 0 aliphatic rings. The van der Waals surface area contributed by atoms with E-state index < -0.39 is 52.0 Å². The molecule has 0 saturated heterocycles. The van der Waals surface area contributed by atoms with Crippen LogP contribution in [0.3, 0.4) is 0 Å². The summed E-state index contributed by atoms with van der Waals surface area (Å²) in [5.41, 5.74) is -2.08. The van der Waals surface area contributed by atoms with Gasteiger partial charge in [0.15, 0.2) is 0 Å². The van der Waals surface area contributed by atoms with Gasteiger partial charge in [-0.3, -0.25) is 4.79 Å². The number of rotatable bonds is 10. The first kappa shape index (κ1) is 30.0. The zero-order valence-electron chi connectivity index (χ0n) is 21.5. The van der Waals surface area contributed by atoms with Gasteiger partial charge in [0.1, 0.15) is 6.61 Å². The van der Waals surface area contributed by atoms with Gasteiger partial charge in [0, 0.05) is 6.54 Å². The van der Waals surface area contributed by atoms with Gasteiger partial charge in [-0.15, -0.1) is 0 Å². The summed E-state index contributed by atoms with van der Waals surface area (Å²) in [7, 11) is 0. The Kier molecular flexibility index (Phi) is 9.09. The van der Waals surface area contributed by atoms with Gasteiger partial charge in [0.2, 0.25) is 0 Å². The highest BCUT2D eigenvalue weighted by atomic mass is 35.5. The minimum Gasteiger partial charge on any atom is -0.478 e. The monoisotopic (exact) mass is 609 g/mol. The van der Waals surface area contributed by atoms with Crippen LogP contribution in [0.25, 0.3) is 10.8 Å². The smallest absolute Gasteiger partial charge is 0.338 e. The number of esters is 1. The third kappa shape index (κ3) is 6.68. The largest absolute Gasteiger partial charge is 0.478 e. The number of nitrogens with zero attached hydrogens (tertiary/aromatic N) is 1. The summed E-state index contributed by atoms with van der Waals surface area (Å²) in [6.07, 6.45) is 0. The summed E-state index contributed by atoms with van der Waals surface area (Å²) in [4.78, 5) is 62.9. The van der Waals surface area contributed by atoms with Crippen molar-refractivity contribution in [3.8, 4) is 0 Å². The first-order chi connectivity index (χ1) is 20.0. The molecule has 1 amide bonds. The Bertz CT molecular complexity index is 1750. The van der Waals surface area contributed by atoms with Crippen LogP contribution in [0.2, 0.25) is 10.0 Å². The molecule has 3 N–H and O–H groups in total. The second kappa shape index (κ2) is 12.7. The van der Waals surface area contributed by atoms with Crippen molar-refractivity contribution in [2.75, 3.05) is 13.2 Å². The number of carbonyl (C=O) groups is 5. The van der Waals surface area contributed by atoms with Crippen LogP contribution in [-0.2, 0) is 11.3 Å².